The number of carbonyl (C=O) groups is 2. The number of hydrogen-bond acceptors (Lipinski definition) is 8. The van der Waals surface area contributed by atoms with Gasteiger partial charge in [0, 0.05) is 25.7 Å². The highest BCUT2D eigenvalue weighted by molar-refractivity contribution is 7.13. The molecule has 1 amide bonds. The molecule has 1 aliphatic rings. The van der Waals surface area contributed by atoms with Gasteiger partial charge in [0.15, 0.2) is 17.5 Å². The lowest BCUT2D eigenvalue weighted by atomic mass is 9.99. The Morgan fingerprint density at radius 3 is 2.57 bits per heavy atom. The zero-order valence-corrected chi connectivity index (χ0v) is 16.5. The molecule has 0 aliphatic carbocycles. The minimum absolute atomic E-state index is 0.120. The lowest BCUT2D eigenvalue weighted by molar-refractivity contribution is -0.132. The molecule has 1 unspecified atom stereocenters. The van der Waals surface area contributed by atoms with Gasteiger partial charge in [0.05, 0.1) is 5.57 Å². The maximum absolute atomic E-state index is 13.7. The Bertz CT molecular complexity index is 1170. The third-order valence-electron chi connectivity index (χ3n) is 4.51. The fourth-order valence-corrected chi connectivity index (χ4v) is 3.68. The number of carbonyl (C=O) groups excluding carboxylic acids is 2. The Hall–Kier alpha value is -3.60. The third-order valence-corrected chi connectivity index (χ3v) is 5.20. The average Bonchev–Trinajstić information content (AvgIpc) is 3.44. The van der Waals surface area contributed by atoms with Crippen LogP contribution in [0.4, 0.5) is 19.8 Å². The number of benzene rings is 1. The zero-order valence-electron chi connectivity index (χ0n) is 15.7. The lowest BCUT2D eigenvalue weighted by Gasteiger charge is -2.20. The second-order valence-electron chi connectivity index (χ2n) is 6.59. The van der Waals surface area contributed by atoms with Gasteiger partial charge >= 0.3 is 5.91 Å². The summed E-state index contributed by atoms with van der Waals surface area (Å²) in [6.45, 7) is 0. The SMILES string of the molecule is CN(C)c1ccc(C2/C(=C(\O)c3ccc(F)c(F)c3)C(=O)C(=O)N2c2nncs2)o1. The number of anilines is 2. The number of Topliss-reactive ketones (excluding diaryl/α,β-unsaturated/α-hetero) is 1. The number of halogens is 2. The average molecular weight is 432 g/mol. The van der Waals surface area contributed by atoms with Crippen LogP contribution in [-0.4, -0.2) is 41.1 Å². The monoisotopic (exact) mass is 432 g/mol. The molecular weight excluding hydrogens is 418 g/mol. The van der Waals surface area contributed by atoms with E-state index in [9.17, 15) is 23.5 Å². The number of hydrogen-bond donors (Lipinski definition) is 1. The molecule has 1 fully saturated rings. The smallest absolute Gasteiger partial charge is 0.302 e. The predicted molar refractivity (Wildman–Crippen MR) is 104 cm³/mol. The van der Waals surface area contributed by atoms with E-state index in [-0.39, 0.29) is 22.0 Å². The molecule has 1 N–H and O–H groups in total. The zero-order chi connectivity index (χ0) is 21.6. The fraction of sp³-hybridized carbons (Fsp3) is 0.158. The molecule has 1 aliphatic heterocycles. The first-order valence-corrected chi connectivity index (χ1v) is 9.47. The molecule has 3 heterocycles. The number of rotatable bonds is 4. The van der Waals surface area contributed by atoms with Gasteiger partial charge in [-0.3, -0.25) is 14.5 Å². The molecule has 1 atom stereocenters. The van der Waals surface area contributed by atoms with Crippen LogP contribution >= 0.6 is 11.3 Å². The van der Waals surface area contributed by atoms with E-state index < -0.39 is 35.1 Å². The molecule has 1 aromatic carbocycles. The first-order valence-electron chi connectivity index (χ1n) is 8.59. The van der Waals surface area contributed by atoms with Crippen molar-refractivity contribution >= 4 is 39.8 Å². The summed E-state index contributed by atoms with van der Waals surface area (Å²) in [7, 11) is 3.48. The highest BCUT2D eigenvalue weighted by Gasteiger charge is 2.49. The maximum Gasteiger partial charge on any atom is 0.302 e. The van der Waals surface area contributed by atoms with E-state index in [1.165, 1.54) is 5.51 Å². The second kappa shape index (κ2) is 7.34. The number of nitrogens with zero attached hydrogens (tertiary/aromatic N) is 4. The summed E-state index contributed by atoms with van der Waals surface area (Å²) in [4.78, 5) is 28.3. The van der Waals surface area contributed by atoms with Crippen LogP contribution in [0.5, 0.6) is 0 Å². The normalized spacial score (nSPS) is 18.3. The largest absolute Gasteiger partial charge is 0.507 e. The van der Waals surface area contributed by atoms with Gasteiger partial charge in [-0.15, -0.1) is 10.2 Å². The number of aromatic nitrogens is 2. The van der Waals surface area contributed by atoms with Crippen LogP contribution in [-0.2, 0) is 9.59 Å². The van der Waals surface area contributed by atoms with Crippen molar-refractivity contribution in [2.75, 3.05) is 23.9 Å². The number of furan rings is 1. The maximum atomic E-state index is 13.7. The van der Waals surface area contributed by atoms with Gasteiger partial charge in [0.2, 0.25) is 5.13 Å². The van der Waals surface area contributed by atoms with Gasteiger partial charge in [-0.25, -0.2) is 8.78 Å². The summed E-state index contributed by atoms with van der Waals surface area (Å²) in [6.07, 6.45) is 0. The molecule has 30 heavy (non-hydrogen) atoms. The molecule has 0 saturated carbocycles. The van der Waals surface area contributed by atoms with Gasteiger partial charge in [-0.1, -0.05) is 11.3 Å². The number of amides is 1. The minimum atomic E-state index is -1.21. The first-order chi connectivity index (χ1) is 14.3. The topological polar surface area (TPSA) is 99.8 Å². The van der Waals surface area contributed by atoms with Gasteiger partial charge in [0.25, 0.3) is 5.78 Å². The van der Waals surface area contributed by atoms with Gasteiger partial charge in [-0.05, 0) is 24.3 Å². The van der Waals surface area contributed by atoms with Crippen molar-refractivity contribution in [3.05, 3.63) is 64.4 Å². The highest BCUT2D eigenvalue weighted by Crippen LogP contribution is 2.43. The Morgan fingerprint density at radius 1 is 1.20 bits per heavy atom. The van der Waals surface area contributed by atoms with Gasteiger partial charge < -0.3 is 14.4 Å². The van der Waals surface area contributed by atoms with Crippen LogP contribution in [0.2, 0.25) is 0 Å². The molecule has 3 aromatic rings. The molecule has 0 radical (unpaired) electrons. The molecular formula is C19H14F2N4O4S. The summed E-state index contributed by atoms with van der Waals surface area (Å²) < 4.78 is 32.8. The van der Waals surface area contributed by atoms with Gasteiger partial charge in [0.1, 0.15) is 23.1 Å². The summed E-state index contributed by atoms with van der Waals surface area (Å²) in [5, 5.41) is 18.5. The molecule has 4 rings (SSSR count). The number of aliphatic hydroxyl groups is 1. The molecule has 2 aromatic heterocycles. The standard InChI is InChI=1S/C19H14F2N4O4S/c1-24(2)13-6-5-12(29-13)15-14(16(26)9-3-4-10(20)11(21)7-9)17(27)18(28)25(15)19-23-22-8-30-19/h3-8,15,26H,1-2H3/b16-14+. The molecule has 11 heteroatoms. The van der Waals surface area contributed by atoms with E-state index in [1.807, 2.05) is 0 Å². The second-order valence-corrected chi connectivity index (χ2v) is 7.40. The molecule has 1 saturated heterocycles. The van der Waals surface area contributed by atoms with Crippen LogP contribution in [0.25, 0.3) is 5.76 Å². The van der Waals surface area contributed by atoms with E-state index in [1.54, 1.807) is 31.1 Å². The van der Waals surface area contributed by atoms with E-state index >= 15 is 0 Å². The summed E-state index contributed by atoms with van der Waals surface area (Å²) in [5.74, 6) is -4.32. The van der Waals surface area contributed by atoms with Crippen LogP contribution in [0, 0.1) is 11.6 Å². The summed E-state index contributed by atoms with van der Waals surface area (Å²) in [6, 6.07) is 4.69. The van der Waals surface area contributed by atoms with E-state index in [0.29, 0.717) is 5.88 Å². The number of aliphatic hydroxyl groups excluding tert-OH is 1. The highest BCUT2D eigenvalue weighted by atomic mass is 32.1. The van der Waals surface area contributed by atoms with E-state index in [2.05, 4.69) is 10.2 Å². The quantitative estimate of drug-likeness (QED) is 0.384. The Labute approximate surface area is 172 Å². The van der Waals surface area contributed by atoms with Crippen molar-refractivity contribution in [2.24, 2.45) is 0 Å². The van der Waals surface area contributed by atoms with E-state index in [4.69, 9.17) is 4.42 Å². The Morgan fingerprint density at radius 2 is 1.97 bits per heavy atom. The molecule has 154 valence electrons. The Balaban J connectivity index is 1.93. The number of ketones is 1. The van der Waals surface area contributed by atoms with Gasteiger partial charge in [-0.2, -0.15) is 0 Å². The molecule has 0 bridgehead atoms. The van der Waals surface area contributed by atoms with Crippen molar-refractivity contribution in [3.63, 3.8) is 0 Å². The van der Waals surface area contributed by atoms with Crippen molar-refractivity contribution in [1.29, 1.82) is 0 Å². The van der Waals surface area contributed by atoms with Crippen LogP contribution in [0.15, 0.2) is 45.8 Å². The van der Waals surface area contributed by atoms with Crippen molar-refractivity contribution in [1.82, 2.24) is 10.2 Å². The summed E-state index contributed by atoms with van der Waals surface area (Å²) >= 11 is 1.02. The van der Waals surface area contributed by atoms with Crippen molar-refractivity contribution in [2.45, 2.75) is 6.04 Å². The van der Waals surface area contributed by atoms with Crippen LogP contribution < -0.4 is 9.80 Å². The van der Waals surface area contributed by atoms with Crippen LogP contribution in [0.1, 0.15) is 17.4 Å². The molecule has 8 nitrogen and oxygen atoms in total. The predicted octanol–water partition coefficient (Wildman–Crippen LogP) is 3.10. The van der Waals surface area contributed by atoms with Crippen molar-refractivity contribution < 1.29 is 27.9 Å². The fourth-order valence-electron chi connectivity index (χ4n) is 3.10. The lowest BCUT2D eigenvalue weighted by Crippen LogP contribution is -2.29. The first kappa shape index (κ1) is 19.7. The molecule has 0 spiro atoms. The summed E-state index contributed by atoms with van der Waals surface area (Å²) in [5.41, 5.74) is 0.892. The minimum Gasteiger partial charge on any atom is -0.507 e. The Kier molecular flexibility index (Phi) is 4.82. The van der Waals surface area contributed by atoms with E-state index in [0.717, 1.165) is 34.4 Å². The van der Waals surface area contributed by atoms with Crippen molar-refractivity contribution in [3.8, 4) is 0 Å². The van der Waals surface area contributed by atoms with Crippen LogP contribution in [0.3, 0.4) is 0 Å². The third kappa shape index (κ3) is 3.12.